The third-order valence-corrected chi connectivity index (χ3v) is 5.46. The SMILES string of the molecule is C=C(F)c1ncc(-c2nn(CC(F)(F)F)c3cc(C(=O)N4CCCCC(=O)C4)ncc23)n1/C=C/F. The van der Waals surface area contributed by atoms with Gasteiger partial charge < -0.3 is 4.90 Å². The molecule has 13 heteroatoms. The highest BCUT2D eigenvalue weighted by Crippen LogP contribution is 2.32. The van der Waals surface area contributed by atoms with Gasteiger partial charge in [0.2, 0.25) is 0 Å². The monoisotopic (exact) mass is 494 g/mol. The Bertz CT molecular complexity index is 1340. The number of pyridine rings is 1. The van der Waals surface area contributed by atoms with E-state index in [1.54, 1.807) is 0 Å². The molecule has 3 aromatic rings. The smallest absolute Gasteiger partial charge is 0.330 e. The molecule has 1 aliphatic rings. The van der Waals surface area contributed by atoms with Crippen molar-refractivity contribution in [3.63, 3.8) is 0 Å². The number of imidazole rings is 1. The van der Waals surface area contributed by atoms with Crippen molar-refractivity contribution in [2.45, 2.75) is 32.0 Å². The number of ketones is 1. The molecular weight excluding hydrogens is 475 g/mol. The Labute approximate surface area is 195 Å². The number of nitrogens with zero attached hydrogens (tertiary/aromatic N) is 6. The second-order valence-electron chi connectivity index (χ2n) is 7.95. The Morgan fingerprint density at radius 2 is 1.97 bits per heavy atom. The van der Waals surface area contributed by atoms with Gasteiger partial charge in [0.25, 0.3) is 5.91 Å². The molecule has 1 aliphatic heterocycles. The quantitative estimate of drug-likeness (QED) is 0.491. The summed E-state index contributed by atoms with van der Waals surface area (Å²) in [6, 6.07) is 1.16. The summed E-state index contributed by atoms with van der Waals surface area (Å²) < 4.78 is 68.2. The molecule has 4 heterocycles. The highest BCUT2D eigenvalue weighted by molar-refractivity contribution is 6.00. The van der Waals surface area contributed by atoms with Crippen LogP contribution in [0.25, 0.3) is 34.3 Å². The highest BCUT2D eigenvalue weighted by atomic mass is 19.4. The van der Waals surface area contributed by atoms with Gasteiger partial charge in [-0.15, -0.1) is 0 Å². The Morgan fingerprint density at radius 1 is 1.20 bits per heavy atom. The summed E-state index contributed by atoms with van der Waals surface area (Å²) in [5.41, 5.74) is -0.331. The third kappa shape index (κ3) is 4.98. The first-order valence-corrected chi connectivity index (χ1v) is 10.5. The fraction of sp³-hybridized carbons (Fsp3) is 0.318. The van der Waals surface area contributed by atoms with Gasteiger partial charge in [0.1, 0.15) is 24.3 Å². The number of carbonyl (C=O) groups is 2. The molecule has 0 aromatic carbocycles. The summed E-state index contributed by atoms with van der Waals surface area (Å²) in [4.78, 5) is 34.1. The van der Waals surface area contributed by atoms with E-state index in [0.29, 0.717) is 30.5 Å². The van der Waals surface area contributed by atoms with Crippen LogP contribution in [0.1, 0.15) is 35.6 Å². The largest absolute Gasteiger partial charge is 0.408 e. The van der Waals surface area contributed by atoms with Crippen molar-refractivity contribution < 1.29 is 31.5 Å². The Hall–Kier alpha value is -3.90. The van der Waals surface area contributed by atoms with Crippen LogP contribution in [0, 0.1) is 0 Å². The first kappa shape index (κ1) is 24.2. The van der Waals surface area contributed by atoms with E-state index in [9.17, 15) is 31.5 Å². The fourth-order valence-corrected chi connectivity index (χ4v) is 3.94. The summed E-state index contributed by atoms with van der Waals surface area (Å²) in [6.45, 7) is 1.85. The summed E-state index contributed by atoms with van der Waals surface area (Å²) in [6.07, 6.45) is 0.155. The lowest BCUT2D eigenvalue weighted by Gasteiger charge is -2.19. The molecule has 1 saturated heterocycles. The van der Waals surface area contributed by atoms with Crippen molar-refractivity contribution in [3.05, 3.63) is 42.9 Å². The standard InChI is InChI=1S/C22H19F5N6O2/c1-13(24)20-29-10-18(32(20)7-5-23)19-15-9-28-16(8-17(15)33(30-19)12-22(25,26)27)21(35)31-6-3-2-4-14(34)11-31/h5,7-10H,1-4,6,11-12H2/b7-5+. The van der Waals surface area contributed by atoms with Gasteiger partial charge in [-0.25, -0.2) is 13.8 Å². The average molecular weight is 494 g/mol. The van der Waals surface area contributed by atoms with Gasteiger partial charge in [-0.3, -0.25) is 23.8 Å². The molecule has 184 valence electrons. The van der Waals surface area contributed by atoms with Crippen LogP contribution in [0.2, 0.25) is 0 Å². The van der Waals surface area contributed by atoms with Crippen molar-refractivity contribution in [1.82, 2.24) is 29.2 Å². The van der Waals surface area contributed by atoms with Crippen LogP contribution in [0.5, 0.6) is 0 Å². The topological polar surface area (TPSA) is 85.9 Å². The maximum atomic E-state index is 13.8. The number of aromatic nitrogens is 5. The number of carbonyl (C=O) groups excluding carboxylic acids is 2. The lowest BCUT2D eigenvalue weighted by molar-refractivity contribution is -0.141. The molecule has 1 amide bonds. The highest BCUT2D eigenvalue weighted by Gasteiger charge is 2.31. The van der Waals surface area contributed by atoms with Gasteiger partial charge >= 0.3 is 6.18 Å². The van der Waals surface area contributed by atoms with Gasteiger partial charge in [0, 0.05) is 30.7 Å². The zero-order valence-corrected chi connectivity index (χ0v) is 18.2. The number of amides is 1. The fourth-order valence-electron chi connectivity index (χ4n) is 3.94. The number of hydrogen-bond donors (Lipinski definition) is 0. The van der Waals surface area contributed by atoms with E-state index in [-0.39, 0.29) is 52.5 Å². The average Bonchev–Trinajstić information content (AvgIpc) is 3.27. The van der Waals surface area contributed by atoms with Gasteiger partial charge in [-0.2, -0.15) is 18.3 Å². The van der Waals surface area contributed by atoms with Crippen LogP contribution in [0.15, 0.2) is 31.4 Å². The molecule has 0 radical (unpaired) electrons. The summed E-state index contributed by atoms with van der Waals surface area (Å²) in [5, 5.41) is 4.11. The van der Waals surface area contributed by atoms with Gasteiger partial charge in [0.15, 0.2) is 17.4 Å². The van der Waals surface area contributed by atoms with Crippen molar-refractivity contribution in [2.24, 2.45) is 0 Å². The summed E-state index contributed by atoms with van der Waals surface area (Å²) in [5.74, 6) is -2.06. The van der Waals surface area contributed by atoms with Crippen molar-refractivity contribution in [1.29, 1.82) is 0 Å². The third-order valence-electron chi connectivity index (χ3n) is 5.46. The van der Waals surface area contributed by atoms with E-state index < -0.39 is 24.5 Å². The van der Waals surface area contributed by atoms with Gasteiger partial charge in [-0.05, 0) is 18.9 Å². The molecule has 0 saturated carbocycles. The second kappa shape index (κ2) is 9.39. The second-order valence-corrected chi connectivity index (χ2v) is 7.95. The minimum Gasteiger partial charge on any atom is -0.330 e. The van der Waals surface area contributed by atoms with E-state index >= 15 is 0 Å². The minimum atomic E-state index is -4.65. The van der Waals surface area contributed by atoms with Crippen LogP contribution in [0.3, 0.4) is 0 Å². The van der Waals surface area contributed by atoms with Crippen molar-refractivity contribution >= 4 is 34.6 Å². The molecule has 3 aromatic heterocycles. The van der Waals surface area contributed by atoms with Gasteiger partial charge in [0.05, 0.1) is 24.0 Å². The number of fused-ring (bicyclic) bond motifs is 1. The molecule has 1 fully saturated rings. The zero-order valence-electron chi connectivity index (χ0n) is 18.2. The predicted octanol–water partition coefficient (Wildman–Crippen LogP) is 4.39. The number of halogens is 5. The van der Waals surface area contributed by atoms with Crippen molar-refractivity contribution in [2.75, 3.05) is 13.1 Å². The van der Waals surface area contributed by atoms with E-state index in [1.165, 1.54) is 4.90 Å². The van der Waals surface area contributed by atoms with Crippen LogP contribution >= 0.6 is 0 Å². The Kier molecular flexibility index (Phi) is 6.50. The summed E-state index contributed by atoms with van der Waals surface area (Å²) >= 11 is 0. The van der Waals surface area contributed by atoms with Crippen LogP contribution in [-0.2, 0) is 11.3 Å². The molecular formula is C22H19F5N6O2. The van der Waals surface area contributed by atoms with E-state index in [2.05, 4.69) is 21.6 Å². The normalized spacial score (nSPS) is 15.2. The van der Waals surface area contributed by atoms with Crippen LogP contribution in [0.4, 0.5) is 22.0 Å². The Balaban J connectivity index is 1.85. The lowest BCUT2D eigenvalue weighted by atomic mass is 10.2. The molecule has 4 rings (SSSR count). The zero-order chi connectivity index (χ0) is 25.3. The number of rotatable bonds is 5. The van der Waals surface area contributed by atoms with E-state index in [4.69, 9.17) is 0 Å². The molecule has 0 bridgehead atoms. The van der Waals surface area contributed by atoms with Gasteiger partial charge in [-0.1, -0.05) is 6.58 Å². The first-order chi connectivity index (χ1) is 16.6. The number of likely N-dealkylation sites (tertiary alicyclic amines) is 1. The Morgan fingerprint density at radius 3 is 2.66 bits per heavy atom. The first-order valence-electron chi connectivity index (χ1n) is 10.5. The predicted molar refractivity (Wildman–Crippen MR) is 116 cm³/mol. The maximum Gasteiger partial charge on any atom is 0.408 e. The molecule has 0 unspecified atom stereocenters. The summed E-state index contributed by atoms with van der Waals surface area (Å²) in [7, 11) is 0. The molecule has 8 nitrogen and oxygen atoms in total. The molecule has 0 N–H and O–H groups in total. The maximum absolute atomic E-state index is 13.8. The minimum absolute atomic E-state index is 0.0161. The molecule has 0 spiro atoms. The number of hydrogen-bond acceptors (Lipinski definition) is 5. The molecule has 35 heavy (non-hydrogen) atoms. The molecule has 0 aliphatic carbocycles. The van der Waals surface area contributed by atoms with Crippen molar-refractivity contribution in [3.8, 4) is 11.4 Å². The number of alkyl halides is 3. The van der Waals surface area contributed by atoms with E-state index in [1.807, 2.05) is 0 Å². The van der Waals surface area contributed by atoms with E-state index in [0.717, 1.165) is 29.2 Å². The van der Waals surface area contributed by atoms with Crippen LogP contribution in [-0.4, -0.2) is 60.2 Å². The van der Waals surface area contributed by atoms with Crippen LogP contribution < -0.4 is 0 Å². The number of Topliss-reactive ketones (excluding diaryl/α,β-unsaturated/α-hetero) is 1. The lowest BCUT2D eigenvalue weighted by Crippen LogP contribution is -2.35. The molecule has 0 atom stereocenters.